The molecule has 1 aromatic heterocycles. The van der Waals surface area contributed by atoms with Gasteiger partial charge in [-0.15, -0.1) is 10.2 Å². The average molecular weight is 562 g/mol. The van der Waals surface area contributed by atoms with E-state index in [1.807, 2.05) is 35.2 Å². The van der Waals surface area contributed by atoms with Crippen molar-refractivity contribution in [3.8, 4) is 28.5 Å². The summed E-state index contributed by atoms with van der Waals surface area (Å²) in [5, 5.41) is 8.94. The first kappa shape index (κ1) is 29.6. The fraction of sp³-hybridized carbons (Fsp3) is 0.419. The van der Waals surface area contributed by atoms with Gasteiger partial charge >= 0.3 is 0 Å². The molecule has 2 amide bonds. The van der Waals surface area contributed by atoms with E-state index >= 15 is 0 Å². The van der Waals surface area contributed by atoms with Crippen LogP contribution in [0.3, 0.4) is 0 Å². The number of nitrogens with zero attached hydrogens (tertiary/aromatic N) is 5. The van der Waals surface area contributed by atoms with Crippen LogP contribution in [0.25, 0.3) is 11.3 Å². The van der Waals surface area contributed by atoms with Crippen LogP contribution in [0.2, 0.25) is 0 Å². The molecular weight excluding hydrogens is 522 g/mol. The molecule has 0 N–H and O–H groups in total. The highest BCUT2D eigenvalue weighted by Gasteiger charge is 2.25. The monoisotopic (exact) mass is 561 g/mol. The Hall–Kier alpha value is -4.34. The maximum absolute atomic E-state index is 13.4. The molecule has 3 aromatic rings. The maximum Gasteiger partial charge on any atom is 0.254 e. The van der Waals surface area contributed by atoms with Crippen molar-refractivity contribution in [2.45, 2.75) is 26.2 Å². The molecule has 1 saturated heterocycles. The molecule has 0 saturated carbocycles. The first-order valence-corrected chi connectivity index (χ1v) is 14.0. The Morgan fingerprint density at radius 2 is 1.61 bits per heavy atom. The third-order valence-electron chi connectivity index (χ3n) is 7.24. The van der Waals surface area contributed by atoms with Crippen molar-refractivity contribution in [3.05, 3.63) is 60.2 Å². The molecule has 10 heteroatoms. The summed E-state index contributed by atoms with van der Waals surface area (Å²) in [4.78, 5) is 32.3. The molecule has 1 aliphatic rings. The molecule has 0 unspecified atom stereocenters. The number of unbranched alkanes of at least 4 members (excludes halogenated alkanes) is 1. The van der Waals surface area contributed by atoms with E-state index in [-0.39, 0.29) is 18.4 Å². The second-order valence-electron chi connectivity index (χ2n) is 9.87. The van der Waals surface area contributed by atoms with Crippen molar-refractivity contribution in [2.24, 2.45) is 0 Å². The minimum absolute atomic E-state index is 0.0437. The standard InChI is InChI=1S/C31H39N5O5/c1-5-6-16-36(31(38)23-8-10-24(39-2)11-9-23)22-30(37)35-18-7-17-34(19-20-35)29-15-14-27(32-33-29)26-13-12-25(40-3)21-28(26)41-4/h8-15,21H,5-7,16-20,22H2,1-4H3. The van der Waals surface area contributed by atoms with Gasteiger partial charge < -0.3 is 28.9 Å². The van der Waals surface area contributed by atoms with E-state index in [9.17, 15) is 9.59 Å². The van der Waals surface area contributed by atoms with Crippen molar-refractivity contribution in [1.29, 1.82) is 0 Å². The fourth-order valence-electron chi connectivity index (χ4n) is 4.82. The molecule has 0 aliphatic carbocycles. The molecule has 0 bridgehead atoms. The van der Waals surface area contributed by atoms with Crippen molar-refractivity contribution < 1.29 is 23.8 Å². The molecule has 4 rings (SSSR count). The van der Waals surface area contributed by atoms with Crippen LogP contribution < -0.4 is 19.1 Å². The molecule has 1 fully saturated rings. The van der Waals surface area contributed by atoms with Gasteiger partial charge in [-0.05, 0) is 61.4 Å². The first-order chi connectivity index (χ1) is 20.0. The highest BCUT2D eigenvalue weighted by atomic mass is 16.5. The van der Waals surface area contributed by atoms with E-state index in [2.05, 4.69) is 22.0 Å². The minimum Gasteiger partial charge on any atom is -0.497 e. The van der Waals surface area contributed by atoms with E-state index in [4.69, 9.17) is 14.2 Å². The average Bonchev–Trinajstić information content (AvgIpc) is 3.29. The van der Waals surface area contributed by atoms with E-state index in [1.165, 1.54) is 0 Å². The van der Waals surface area contributed by atoms with Crippen LogP contribution in [0.15, 0.2) is 54.6 Å². The highest BCUT2D eigenvalue weighted by Crippen LogP contribution is 2.32. The molecule has 2 aromatic carbocycles. The zero-order chi connectivity index (χ0) is 29.2. The number of ether oxygens (including phenoxy) is 3. The van der Waals surface area contributed by atoms with Crippen molar-refractivity contribution in [3.63, 3.8) is 0 Å². The number of hydrogen-bond donors (Lipinski definition) is 0. The summed E-state index contributed by atoms with van der Waals surface area (Å²) in [6, 6.07) is 16.5. The summed E-state index contributed by atoms with van der Waals surface area (Å²) < 4.78 is 16.0. The number of benzene rings is 2. The van der Waals surface area contributed by atoms with Crippen molar-refractivity contribution in [2.75, 3.05) is 65.5 Å². The predicted molar refractivity (Wildman–Crippen MR) is 158 cm³/mol. The molecule has 10 nitrogen and oxygen atoms in total. The zero-order valence-electron chi connectivity index (χ0n) is 24.3. The van der Waals surface area contributed by atoms with Crippen LogP contribution in [0.1, 0.15) is 36.5 Å². The van der Waals surface area contributed by atoms with Crippen LogP contribution >= 0.6 is 0 Å². The van der Waals surface area contributed by atoms with Gasteiger partial charge in [0.25, 0.3) is 5.91 Å². The lowest BCUT2D eigenvalue weighted by molar-refractivity contribution is -0.131. The quantitative estimate of drug-likeness (QED) is 0.345. The SMILES string of the molecule is CCCCN(CC(=O)N1CCCN(c2ccc(-c3ccc(OC)cc3OC)nn2)CC1)C(=O)c1ccc(OC)cc1. The van der Waals surface area contributed by atoms with Crippen LogP contribution in [-0.4, -0.2) is 92.4 Å². The molecule has 0 atom stereocenters. The number of aromatic nitrogens is 2. The Balaban J connectivity index is 1.39. The van der Waals surface area contributed by atoms with Crippen molar-refractivity contribution >= 4 is 17.6 Å². The third kappa shape index (κ3) is 7.45. The topological polar surface area (TPSA) is 97.3 Å². The van der Waals surface area contributed by atoms with Crippen LogP contribution in [0, 0.1) is 0 Å². The van der Waals surface area contributed by atoms with Gasteiger partial charge in [0.05, 0.1) is 27.0 Å². The summed E-state index contributed by atoms with van der Waals surface area (Å²) in [6.07, 6.45) is 2.56. The summed E-state index contributed by atoms with van der Waals surface area (Å²) in [5.41, 5.74) is 2.08. The Morgan fingerprint density at radius 3 is 2.27 bits per heavy atom. The highest BCUT2D eigenvalue weighted by molar-refractivity contribution is 5.96. The smallest absolute Gasteiger partial charge is 0.254 e. The van der Waals surface area contributed by atoms with Gasteiger partial charge in [-0.1, -0.05) is 13.3 Å². The second kappa shape index (κ2) is 14.3. The summed E-state index contributed by atoms with van der Waals surface area (Å²) in [5.74, 6) is 2.63. The molecule has 1 aliphatic heterocycles. The number of carbonyl (C=O) groups excluding carboxylic acids is 2. The predicted octanol–water partition coefficient (Wildman–Crippen LogP) is 4.15. The number of carbonyl (C=O) groups is 2. The molecular formula is C31H39N5O5. The van der Waals surface area contributed by atoms with E-state index in [1.54, 1.807) is 50.5 Å². The van der Waals surface area contributed by atoms with Gasteiger partial charge in [0.1, 0.15) is 23.8 Å². The van der Waals surface area contributed by atoms with Gasteiger partial charge in [0.15, 0.2) is 5.82 Å². The van der Waals surface area contributed by atoms with E-state index < -0.39 is 0 Å². The summed E-state index contributed by atoms with van der Waals surface area (Å²) >= 11 is 0. The van der Waals surface area contributed by atoms with Gasteiger partial charge in [0.2, 0.25) is 5.91 Å². The third-order valence-corrected chi connectivity index (χ3v) is 7.24. The number of methoxy groups -OCH3 is 3. The lowest BCUT2D eigenvalue weighted by atomic mass is 10.1. The van der Waals surface area contributed by atoms with Crippen LogP contribution in [0.5, 0.6) is 17.2 Å². The van der Waals surface area contributed by atoms with E-state index in [0.29, 0.717) is 54.7 Å². The van der Waals surface area contributed by atoms with Gasteiger partial charge in [-0.3, -0.25) is 9.59 Å². The lowest BCUT2D eigenvalue weighted by Gasteiger charge is -2.27. The number of rotatable bonds is 11. The van der Waals surface area contributed by atoms with Gasteiger partial charge in [-0.2, -0.15) is 0 Å². The first-order valence-electron chi connectivity index (χ1n) is 14.0. The molecule has 0 radical (unpaired) electrons. The largest absolute Gasteiger partial charge is 0.497 e. The molecule has 2 heterocycles. The Bertz CT molecular complexity index is 1300. The Labute approximate surface area is 241 Å². The minimum atomic E-state index is -0.144. The number of anilines is 1. The Kier molecular flexibility index (Phi) is 10.4. The van der Waals surface area contributed by atoms with E-state index in [0.717, 1.165) is 37.2 Å². The summed E-state index contributed by atoms with van der Waals surface area (Å²) in [7, 11) is 4.82. The second-order valence-corrected chi connectivity index (χ2v) is 9.87. The number of hydrogen-bond acceptors (Lipinski definition) is 8. The van der Waals surface area contributed by atoms with Crippen LogP contribution in [-0.2, 0) is 4.79 Å². The number of amides is 2. The van der Waals surface area contributed by atoms with Gasteiger partial charge in [0, 0.05) is 49.9 Å². The normalized spacial score (nSPS) is 13.4. The maximum atomic E-state index is 13.4. The molecule has 0 spiro atoms. The van der Waals surface area contributed by atoms with Gasteiger partial charge in [-0.25, -0.2) is 0 Å². The fourth-order valence-corrected chi connectivity index (χ4v) is 4.82. The van der Waals surface area contributed by atoms with Crippen molar-refractivity contribution in [1.82, 2.24) is 20.0 Å². The van der Waals surface area contributed by atoms with Crippen LogP contribution in [0.4, 0.5) is 5.82 Å². The summed E-state index contributed by atoms with van der Waals surface area (Å²) in [6.45, 7) is 5.23. The zero-order valence-corrected chi connectivity index (χ0v) is 24.3. The molecule has 218 valence electrons. The lowest BCUT2D eigenvalue weighted by Crippen LogP contribution is -2.44. The Morgan fingerprint density at radius 1 is 0.854 bits per heavy atom. The molecule has 41 heavy (non-hydrogen) atoms.